The highest BCUT2D eigenvalue weighted by Gasteiger charge is 2.53. The number of nitrogens with one attached hydrogen (secondary N) is 1. The van der Waals surface area contributed by atoms with Gasteiger partial charge in [-0.3, -0.25) is 4.79 Å². The van der Waals surface area contributed by atoms with Gasteiger partial charge in [-0.1, -0.05) is 203 Å². The van der Waals surface area contributed by atoms with Crippen molar-refractivity contribution < 1.29 is 41.8 Å². The fourth-order valence-electron chi connectivity index (χ4n) is 9.94. The van der Waals surface area contributed by atoms with Crippen molar-refractivity contribution in [2.24, 2.45) is 17.8 Å². The molecule has 1 N–H and O–H groups in total. The zero-order valence-corrected chi connectivity index (χ0v) is 64.3. The molecule has 0 saturated carbocycles. The van der Waals surface area contributed by atoms with Crippen LogP contribution in [0.2, 0.25) is 54.4 Å². The van der Waals surface area contributed by atoms with E-state index in [1.807, 2.05) is 32.0 Å². The number of unbranched alkanes of at least 4 members (excludes halogenated alkanes) is 11. The van der Waals surface area contributed by atoms with Gasteiger partial charge < -0.3 is 42.3 Å². The molecule has 2 aliphatic heterocycles. The highest BCUT2D eigenvalue weighted by molar-refractivity contribution is 6.75. The summed E-state index contributed by atoms with van der Waals surface area (Å²) in [5, 5.41) is 2.99. The predicted molar refractivity (Wildman–Crippen MR) is 392 cm³/mol. The van der Waals surface area contributed by atoms with Gasteiger partial charge in [-0.05, 0) is 187 Å². The van der Waals surface area contributed by atoms with Crippen molar-refractivity contribution >= 4 is 30.9 Å². The molecule has 2 aliphatic rings. The zero-order valence-electron chi connectivity index (χ0n) is 61.3. The van der Waals surface area contributed by atoms with E-state index in [1.165, 1.54) is 57.8 Å². The average molecular weight is 1330 g/mol. The van der Waals surface area contributed by atoms with Crippen molar-refractivity contribution in [2.45, 2.75) is 303 Å². The molecule has 2 heterocycles. The first-order valence-electron chi connectivity index (χ1n) is 34.2. The fourth-order valence-corrected chi connectivity index (χ4v) is 13.9. The van der Waals surface area contributed by atoms with E-state index in [-0.39, 0.29) is 51.5 Å². The Balaban J connectivity index is 2.19. The van der Waals surface area contributed by atoms with Gasteiger partial charge in [0.2, 0.25) is 0 Å². The Morgan fingerprint density at radius 1 is 0.574 bits per heavy atom. The Kier molecular flexibility index (Phi) is 35.7. The fraction of sp³-hybridized carbons (Fsp3) is 0.642. The van der Waals surface area contributed by atoms with E-state index in [0.717, 1.165) is 31.2 Å². The second kappa shape index (κ2) is 40.7. The highest BCUT2D eigenvalue weighted by atomic mass is 28.4. The van der Waals surface area contributed by atoms with Crippen molar-refractivity contribution in [3.63, 3.8) is 0 Å². The van der Waals surface area contributed by atoms with Crippen LogP contribution in [-0.4, -0.2) is 98.8 Å². The van der Waals surface area contributed by atoms with Crippen molar-refractivity contribution in [3.8, 4) is 131 Å². The summed E-state index contributed by atoms with van der Waals surface area (Å²) in [7, 11) is -7.95. The molecular formula is C81H113NO9Si3. The molecule has 10 nitrogen and oxygen atoms in total. The summed E-state index contributed by atoms with van der Waals surface area (Å²) in [6.07, 6.45) is 15.7. The highest BCUT2D eigenvalue weighted by Crippen LogP contribution is 2.44. The van der Waals surface area contributed by atoms with Crippen molar-refractivity contribution in [2.75, 3.05) is 13.2 Å². The second-order valence-electron chi connectivity index (χ2n) is 30.0. The molecule has 3 rings (SSSR count). The molecule has 0 spiro atoms. The molecule has 0 bridgehead atoms. The molecule has 1 aromatic rings. The van der Waals surface area contributed by atoms with E-state index in [4.69, 9.17) is 43.4 Å². The van der Waals surface area contributed by atoms with Gasteiger partial charge in [0, 0.05) is 29.6 Å². The van der Waals surface area contributed by atoms with Gasteiger partial charge in [-0.15, -0.1) is 6.42 Å². The predicted octanol–water partition coefficient (Wildman–Crippen LogP) is 15.8. The van der Waals surface area contributed by atoms with Crippen LogP contribution in [-0.2, 0) is 48.4 Å². The third-order valence-electron chi connectivity index (χ3n) is 19.1. The Morgan fingerprint density at radius 3 is 1.48 bits per heavy atom. The minimum atomic E-state index is -2.77. The summed E-state index contributed by atoms with van der Waals surface area (Å²) in [5.41, 5.74) is 1.10. The Labute approximate surface area is 575 Å². The standard InChI is InChI=1S/C81H113NO9Si3/c1-23-25-27-29-31-33-35-37-38-39-40-41-42-43-44-46-47-49-51-56-60-70-74(88-81(15,16)87-70)75(91-94(21,22)80(12,13)14)76(83)82-69(63-85-77-67(5)65(3)66(4)72(86-77)64-84-62-68-58-54-53-55-59-68)73(90-93(19,20)79(9,10)11)71(89-92(17,18)78(6,7)8)61-57-52-50-48-45-36-34-32-30-28-26-24-2/h1,53-55,58-59,65-67,69-75,77H,24,26,28,30,32,34,36,45,48,50,52,57,61-64H2,2-22H3,(H,82,83)/t65?,66?,67?,69-,70+,71+,72?,73-,74+,75+,77?/m0/s1. The van der Waals surface area contributed by atoms with Gasteiger partial charge in [0.25, 0.3) is 5.91 Å². The number of rotatable bonds is 31. The molecule has 2 saturated heterocycles. The summed E-state index contributed by atoms with van der Waals surface area (Å²) in [5.74, 6) is 53.7. The monoisotopic (exact) mass is 1330 g/mol. The van der Waals surface area contributed by atoms with Crippen LogP contribution >= 0.6 is 0 Å². The number of terminal acetylenes is 1. The summed E-state index contributed by atoms with van der Waals surface area (Å²) in [4.78, 5) is 16.2. The summed E-state index contributed by atoms with van der Waals surface area (Å²) >= 11 is 0. The Hall–Kier alpha value is -5.82. The lowest BCUT2D eigenvalue weighted by Crippen LogP contribution is -2.63. The molecule has 508 valence electrons. The smallest absolute Gasteiger partial charge is 0.251 e. The number of ether oxygens (including phenoxy) is 5. The van der Waals surface area contributed by atoms with Gasteiger partial charge >= 0.3 is 0 Å². The maximum absolute atomic E-state index is 16.2. The maximum Gasteiger partial charge on any atom is 0.251 e. The second-order valence-corrected chi connectivity index (χ2v) is 44.3. The first-order valence-corrected chi connectivity index (χ1v) is 43.0. The molecule has 13 heteroatoms. The van der Waals surface area contributed by atoms with Crippen molar-refractivity contribution in [1.29, 1.82) is 0 Å². The number of carbonyl (C=O) groups excluding carboxylic acids is 1. The van der Waals surface area contributed by atoms with Gasteiger partial charge in [0.15, 0.2) is 49.2 Å². The van der Waals surface area contributed by atoms with Gasteiger partial charge in [-0.25, -0.2) is 0 Å². The first kappa shape index (κ1) is 82.4. The summed E-state index contributed by atoms with van der Waals surface area (Å²) in [6, 6.07) is 9.46. The number of benzene rings is 1. The summed E-state index contributed by atoms with van der Waals surface area (Å²) < 4.78 is 56.7. The quantitative estimate of drug-likeness (QED) is 0.0442. The minimum Gasteiger partial charge on any atom is -0.411 e. The van der Waals surface area contributed by atoms with Crippen LogP contribution in [0.25, 0.3) is 0 Å². The van der Waals surface area contributed by atoms with Crippen LogP contribution in [0.5, 0.6) is 0 Å². The topological polar surface area (TPSA) is 103 Å². The minimum absolute atomic E-state index is 0.0110. The molecule has 1 amide bonds. The van der Waals surface area contributed by atoms with Gasteiger partial charge in [-0.2, -0.15) is 0 Å². The molecule has 94 heavy (non-hydrogen) atoms. The van der Waals surface area contributed by atoms with E-state index in [0.29, 0.717) is 13.2 Å². The summed E-state index contributed by atoms with van der Waals surface area (Å²) in [6.45, 7) is 47.1. The lowest BCUT2D eigenvalue weighted by Gasteiger charge is -2.48. The Bertz CT molecular complexity index is 3280. The van der Waals surface area contributed by atoms with Crippen LogP contribution in [0.3, 0.4) is 0 Å². The first-order chi connectivity index (χ1) is 44.2. The van der Waals surface area contributed by atoms with Gasteiger partial charge in [0.05, 0.1) is 44.2 Å². The molecule has 0 aliphatic carbocycles. The lowest BCUT2D eigenvalue weighted by atomic mass is 9.79. The van der Waals surface area contributed by atoms with Crippen LogP contribution < -0.4 is 5.32 Å². The SMILES string of the molecule is C#CC#CC#CC#CC#CC#CC#CC#CC#CC#CC#C[C@H]1OC(C)(C)O[C@H]1[C@@H](O[Si](C)(C)C(C)(C)C)C(=O)N[C@@H](COC1OC(COCc2ccccc2)C(C)C(C)C1C)[C@H](O[Si](C)(C)C(C)(C)C)[C@@H](CCCCCCCCCCCCCC)O[Si](C)(C)C(C)(C)C. The van der Waals surface area contributed by atoms with Crippen molar-refractivity contribution in [1.82, 2.24) is 5.32 Å². The normalized spacial score (nSPS) is 20.4. The van der Waals surface area contributed by atoms with E-state index in [1.54, 1.807) is 0 Å². The van der Waals surface area contributed by atoms with Crippen LogP contribution in [0.4, 0.5) is 0 Å². The van der Waals surface area contributed by atoms with Gasteiger partial charge in [0.1, 0.15) is 6.10 Å². The van der Waals surface area contributed by atoms with Crippen LogP contribution in [0.1, 0.15) is 193 Å². The number of hydrogen-bond donors (Lipinski definition) is 1. The molecule has 11 atom stereocenters. The van der Waals surface area contributed by atoms with Crippen LogP contribution in [0.15, 0.2) is 30.3 Å². The molecule has 0 aromatic heterocycles. The average Bonchev–Trinajstić information content (AvgIpc) is 1.36. The molecule has 1 aromatic carbocycles. The molecule has 0 radical (unpaired) electrons. The molecular weight excluding hydrogens is 1220 g/mol. The third kappa shape index (κ3) is 29.7. The number of amides is 1. The third-order valence-corrected chi connectivity index (χ3v) is 32.5. The Morgan fingerprint density at radius 2 is 1.01 bits per heavy atom. The molecule has 5 unspecified atom stereocenters. The van der Waals surface area contributed by atoms with E-state index in [2.05, 4.69) is 271 Å². The van der Waals surface area contributed by atoms with Crippen molar-refractivity contribution in [3.05, 3.63) is 35.9 Å². The lowest BCUT2D eigenvalue weighted by molar-refractivity contribution is -0.260. The maximum atomic E-state index is 16.2. The van der Waals surface area contributed by atoms with E-state index >= 15 is 4.79 Å². The molecule has 2 fully saturated rings. The largest absolute Gasteiger partial charge is 0.411 e. The number of hydrogen-bond acceptors (Lipinski definition) is 9. The van der Waals surface area contributed by atoms with Crippen LogP contribution in [0, 0.1) is 149 Å². The number of carbonyl (C=O) groups is 1. The van der Waals surface area contributed by atoms with E-state index in [9.17, 15) is 0 Å². The van der Waals surface area contributed by atoms with E-state index < -0.39 is 73.6 Å². The zero-order chi connectivity index (χ0) is 70.1.